The summed E-state index contributed by atoms with van der Waals surface area (Å²) in [5.41, 5.74) is 0. The molecule has 0 spiro atoms. The van der Waals surface area contributed by atoms with E-state index in [1.807, 2.05) is 6.07 Å². The Bertz CT molecular complexity index is 725. The van der Waals surface area contributed by atoms with Crippen molar-refractivity contribution in [1.82, 2.24) is 25.1 Å². The smallest absolute Gasteiger partial charge is 0.234 e. The number of rotatable bonds is 7. The summed E-state index contributed by atoms with van der Waals surface area (Å²) in [5.74, 6) is 2.82. The van der Waals surface area contributed by atoms with Gasteiger partial charge in [0.05, 0.1) is 25.6 Å². The number of likely N-dealkylation sites (tertiary alicyclic amines) is 1. The van der Waals surface area contributed by atoms with E-state index in [2.05, 4.69) is 37.4 Å². The Morgan fingerprint density at radius 1 is 1.26 bits per heavy atom. The van der Waals surface area contributed by atoms with Crippen molar-refractivity contribution in [2.75, 3.05) is 45.3 Å². The fourth-order valence-electron chi connectivity index (χ4n) is 3.24. The van der Waals surface area contributed by atoms with E-state index in [1.54, 1.807) is 12.4 Å². The number of H-pyrrole nitrogens is 1. The molecular formula is C18H26N6O3. The van der Waals surface area contributed by atoms with Gasteiger partial charge in [-0.3, -0.25) is 10.1 Å². The predicted octanol–water partition coefficient (Wildman–Crippen LogP) is 1.83. The van der Waals surface area contributed by atoms with E-state index in [-0.39, 0.29) is 6.10 Å². The summed E-state index contributed by atoms with van der Waals surface area (Å²) in [4.78, 5) is 11.0. The van der Waals surface area contributed by atoms with Crippen molar-refractivity contribution in [3.05, 3.63) is 18.5 Å². The first-order chi connectivity index (χ1) is 13.2. The van der Waals surface area contributed by atoms with E-state index in [4.69, 9.17) is 14.2 Å². The molecular weight excluding hydrogens is 348 g/mol. The molecule has 9 heteroatoms. The number of hydrogen-bond donors (Lipinski definition) is 2. The fraction of sp³-hybridized carbons (Fsp3) is 0.611. The third-order valence-corrected chi connectivity index (χ3v) is 4.87. The van der Waals surface area contributed by atoms with Crippen molar-refractivity contribution >= 4 is 11.6 Å². The Morgan fingerprint density at radius 2 is 2.15 bits per heavy atom. The van der Waals surface area contributed by atoms with Gasteiger partial charge in [0, 0.05) is 31.7 Å². The Kier molecular flexibility index (Phi) is 5.69. The number of anilines is 2. The molecule has 2 aromatic heterocycles. The number of nitrogens with zero attached hydrogens (tertiary/aromatic N) is 4. The average Bonchev–Trinajstić information content (AvgIpc) is 3.34. The van der Waals surface area contributed by atoms with Gasteiger partial charge >= 0.3 is 0 Å². The van der Waals surface area contributed by atoms with Gasteiger partial charge in [0.25, 0.3) is 0 Å². The summed E-state index contributed by atoms with van der Waals surface area (Å²) in [6, 6.07) is 1.81. The van der Waals surface area contributed by atoms with Gasteiger partial charge in [-0.2, -0.15) is 4.98 Å². The molecule has 2 N–H and O–H groups in total. The summed E-state index contributed by atoms with van der Waals surface area (Å²) in [7, 11) is 2.13. The first-order valence-corrected chi connectivity index (χ1v) is 9.45. The molecule has 9 nitrogen and oxygen atoms in total. The molecule has 0 bridgehead atoms. The number of piperidine rings is 1. The minimum atomic E-state index is 0.192. The van der Waals surface area contributed by atoms with Crippen LogP contribution in [0.25, 0.3) is 0 Å². The molecule has 0 radical (unpaired) electrons. The van der Waals surface area contributed by atoms with Crippen LogP contribution in [0.4, 0.5) is 11.6 Å². The molecule has 2 aromatic rings. The molecule has 2 saturated heterocycles. The quantitative estimate of drug-likeness (QED) is 0.758. The molecule has 0 amide bonds. The molecule has 2 aliphatic rings. The first kappa shape index (κ1) is 18.0. The van der Waals surface area contributed by atoms with Crippen molar-refractivity contribution in [3.63, 3.8) is 0 Å². The lowest BCUT2D eigenvalue weighted by Gasteiger charge is -2.28. The number of hydrogen-bond acceptors (Lipinski definition) is 8. The predicted molar refractivity (Wildman–Crippen MR) is 99.5 cm³/mol. The lowest BCUT2D eigenvalue weighted by atomic mass is 10.1. The Hall–Kier alpha value is -2.39. The zero-order chi connectivity index (χ0) is 18.5. The highest BCUT2D eigenvalue weighted by Gasteiger charge is 2.19. The van der Waals surface area contributed by atoms with Crippen LogP contribution in [0.3, 0.4) is 0 Å². The largest absolute Gasteiger partial charge is 0.476 e. The first-order valence-electron chi connectivity index (χ1n) is 9.45. The van der Waals surface area contributed by atoms with Crippen LogP contribution in [0.5, 0.6) is 11.8 Å². The van der Waals surface area contributed by atoms with Crippen LogP contribution in [0, 0.1) is 5.92 Å². The molecule has 0 saturated carbocycles. The van der Waals surface area contributed by atoms with Crippen LogP contribution in [0.15, 0.2) is 18.5 Å². The van der Waals surface area contributed by atoms with Gasteiger partial charge in [0.15, 0.2) is 5.82 Å². The number of aromatic amines is 1. The Labute approximate surface area is 158 Å². The number of nitrogens with one attached hydrogen (secondary N) is 2. The van der Waals surface area contributed by atoms with Gasteiger partial charge in [-0.25, -0.2) is 0 Å². The monoisotopic (exact) mass is 374 g/mol. The number of ether oxygens (including phenoxy) is 3. The summed E-state index contributed by atoms with van der Waals surface area (Å²) < 4.78 is 17.0. The molecule has 27 heavy (non-hydrogen) atoms. The van der Waals surface area contributed by atoms with Crippen molar-refractivity contribution in [1.29, 1.82) is 0 Å². The Morgan fingerprint density at radius 3 is 2.96 bits per heavy atom. The van der Waals surface area contributed by atoms with Gasteiger partial charge in [0.1, 0.15) is 11.9 Å². The second-order valence-electron chi connectivity index (χ2n) is 7.15. The van der Waals surface area contributed by atoms with Gasteiger partial charge in [-0.1, -0.05) is 0 Å². The highest BCUT2D eigenvalue weighted by molar-refractivity contribution is 5.51. The molecule has 4 heterocycles. The van der Waals surface area contributed by atoms with Crippen molar-refractivity contribution in [2.45, 2.75) is 25.4 Å². The average molecular weight is 374 g/mol. The zero-order valence-electron chi connectivity index (χ0n) is 15.6. The highest BCUT2D eigenvalue weighted by atomic mass is 16.5. The van der Waals surface area contributed by atoms with Crippen LogP contribution in [-0.4, -0.2) is 71.1 Å². The third-order valence-electron chi connectivity index (χ3n) is 4.87. The molecule has 0 aliphatic carbocycles. The van der Waals surface area contributed by atoms with Gasteiger partial charge < -0.3 is 24.4 Å². The Balaban J connectivity index is 1.30. The lowest BCUT2D eigenvalue weighted by molar-refractivity contribution is 0.110. The lowest BCUT2D eigenvalue weighted by Crippen LogP contribution is -2.35. The van der Waals surface area contributed by atoms with Crippen LogP contribution in [-0.2, 0) is 4.74 Å². The van der Waals surface area contributed by atoms with Crippen molar-refractivity contribution in [3.8, 4) is 11.8 Å². The standard InChI is InChI=1S/C18H26N6O3/c1-24-5-2-14(3-6-24)27-18-10-19-9-16(21-18)20-15-8-17(23-22-15)26-12-13-4-7-25-11-13/h8-10,13-14H,2-7,11-12H2,1H3,(H2,20,21,22,23)/t13-/m0/s1. The molecule has 0 unspecified atom stereocenters. The van der Waals surface area contributed by atoms with Gasteiger partial charge in [-0.05, 0) is 26.3 Å². The van der Waals surface area contributed by atoms with E-state index < -0.39 is 0 Å². The normalized spacial score (nSPS) is 21.3. The maximum Gasteiger partial charge on any atom is 0.234 e. The fourth-order valence-corrected chi connectivity index (χ4v) is 3.24. The summed E-state index contributed by atoms with van der Waals surface area (Å²) in [5, 5.41) is 10.2. The van der Waals surface area contributed by atoms with E-state index in [0.717, 1.165) is 45.6 Å². The van der Waals surface area contributed by atoms with Crippen LogP contribution < -0.4 is 14.8 Å². The van der Waals surface area contributed by atoms with Crippen LogP contribution >= 0.6 is 0 Å². The molecule has 0 aromatic carbocycles. The molecule has 2 aliphatic heterocycles. The van der Waals surface area contributed by atoms with Crippen LogP contribution in [0.2, 0.25) is 0 Å². The second kappa shape index (κ2) is 8.53. The molecule has 4 rings (SSSR count). The van der Waals surface area contributed by atoms with Crippen LogP contribution in [0.1, 0.15) is 19.3 Å². The van der Waals surface area contributed by atoms with Gasteiger partial charge in [-0.15, -0.1) is 5.10 Å². The van der Waals surface area contributed by atoms with Crippen molar-refractivity contribution in [2.24, 2.45) is 5.92 Å². The number of aromatic nitrogens is 4. The van der Waals surface area contributed by atoms with E-state index in [1.165, 1.54) is 0 Å². The summed E-state index contributed by atoms with van der Waals surface area (Å²) >= 11 is 0. The third kappa shape index (κ3) is 5.08. The minimum absolute atomic E-state index is 0.192. The maximum atomic E-state index is 5.98. The second-order valence-corrected chi connectivity index (χ2v) is 7.15. The maximum absolute atomic E-state index is 5.98. The molecule has 2 fully saturated rings. The minimum Gasteiger partial charge on any atom is -0.476 e. The summed E-state index contributed by atoms with van der Waals surface area (Å²) in [6.45, 7) is 4.27. The van der Waals surface area contributed by atoms with E-state index in [9.17, 15) is 0 Å². The topological polar surface area (TPSA) is 97.4 Å². The summed E-state index contributed by atoms with van der Waals surface area (Å²) in [6.07, 6.45) is 6.53. The molecule has 146 valence electrons. The zero-order valence-corrected chi connectivity index (χ0v) is 15.6. The van der Waals surface area contributed by atoms with E-state index in [0.29, 0.717) is 35.9 Å². The SMILES string of the molecule is CN1CCC(Oc2cncc(Nc3cc(OC[C@H]4CCOC4)n[nH]3)n2)CC1. The highest BCUT2D eigenvalue weighted by Crippen LogP contribution is 2.21. The van der Waals surface area contributed by atoms with Gasteiger partial charge in [0.2, 0.25) is 11.8 Å². The molecule has 1 atom stereocenters. The van der Waals surface area contributed by atoms with E-state index >= 15 is 0 Å². The van der Waals surface area contributed by atoms with Crippen molar-refractivity contribution < 1.29 is 14.2 Å².